The lowest BCUT2D eigenvalue weighted by molar-refractivity contribution is 0.0964. The number of nitrogens with two attached hydrogens (primary N) is 1. The minimum atomic E-state index is -1.06. The van der Waals surface area contributed by atoms with Gasteiger partial charge in [0.2, 0.25) is 0 Å². The second kappa shape index (κ2) is 4.02. The highest BCUT2D eigenvalue weighted by molar-refractivity contribution is 6.31. The number of halogens is 3. The highest BCUT2D eigenvalue weighted by Gasteiger charge is 2.19. The fraction of sp³-hybridized carbons (Fsp3) is 0.222. The van der Waals surface area contributed by atoms with Crippen LogP contribution >= 0.6 is 11.6 Å². The molecular weight excluding hydrogens is 212 g/mol. The molecule has 1 atom stereocenters. The van der Waals surface area contributed by atoms with E-state index in [9.17, 15) is 13.6 Å². The quantitative estimate of drug-likeness (QED) is 0.612. The van der Waals surface area contributed by atoms with Gasteiger partial charge in [0, 0.05) is 0 Å². The standard InChI is InChI=1S/C9H8ClF2NO/c1-4(13)9(14)5-2-3-6(11)7(10)8(5)12/h2-4H,13H2,1H3. The van der Waals surface area contributed by atoms with E-state index < -0.39 is 28.5 Å². The summed E-state index contributed by atoms with van der Waals surface area (Å²) in [6.45, 7) is 1.42. The molecule has 1 unspecified atom stereocenters. The van der Waals surface area contributed by atoms with Gasteiger partial charge in [-0.15, -0.1) is 0 Å². The number of carbonyl (C=O) groups is 1. The summed E-state index contributed by atoms with van der Waals surface area (Å²) < 4.78 is 25.9. The monoisotopic (exact) mass is 219 g/mol. The maximum Gasteiger partial charge on any atom is 0.182 e. The Kier molecular flexibility index (Phi) is 3.18. The van der Waals surface area contributed by atoms with E-state index in [-0.39, 0.29) is 5.56 Å². The molecule has 0 heterocycles. The summed E-state index contributed by atoms with van der Waals surface area (Å²) in [4.78, 5) is 11.3. The van der Waals surface area contributed by atoms with E-state index in [0.29, 0.717) is 0 Å². The molecule has 0 aliphatic rings. The van der Waals surface area contributed by atoms with Crippen LogP contribution in [0, 0.1) is 11.6 Å². The van der Waals surface area contributed by atoms with Crippen LogP contribution < -0.4 is 5.73 Å². The predicted octanol–water partition coefficient (Wildman–Crippen LogP) is 2.15. The van der Waals surface area contributed by atoms with Crippen LogP contribution in [0.3, 0.4) is 0 Å². The SMILES string of the molecule is CC(N)C(=O)c1ccc(F)c(Cl)c1F. The smallest absolute Gasteiger partial charge is 0.182 e. The van der Waals surface area contributed by atoms with E-state index in [1.165, 1.54) is 6.92 Å². The Balaban J connectivity index is 3.24. The summed E-state index contributed by atoms with van der Waals surface area (Å²) in [6, 6.07) is 1.12. The second-order valence-corrected chi connectivity index (χ2v) is 3.25. The molecule has 2 nitrogen and oxygen atoms in total. The van der Waals surface area contributed by atoms with Crippen molar-refractivity contribution in [3.63, 3.8) is 0 Å². The number of ketones is 1. The Morgan fingerprint density at radius 3 is 2.57 bits per heavy atom. The number of rotatable bonds is 2. The molecule has 5 heteroatoms. The van der Waals surface area contributed by atoms with Gasteiger partial charge in [-0.2, -0.15) is 0 Å². The minimum absolute atomic E-state index is 0.286. The molecule has 0 spiro atoms. The van der Waals surface area contributed by atoms with Gasteiger partial charge in [0.05, 0.1) is 11.6 Å². The van der Waals surface area contributed by atoms with Crippen LogP contribution in [-0.4, -0.2) is 11.8 Å². The topological polar surface area (TPSA) is 43.1 Å². The predicted molar refractivity (Wildman–Crippen MR) is 49.3 cm³/mol. The Morgan fingerprint density at radius 2 is 2.07 bits per heavy atom. The zero-order chi connectivity index (χ0) is 10.9. The first kappa shape index (κ1) is 11.1. The fourth-order valence-corrected chi connectivity index (χ4v) is 1.13. The molecule has 2 N–H and O–H groups in total. The van der Waals surface area contributed by atoms with Crippen molar-refractivity contribution in [2.24, 2.45) is 5.73 Å². The third-order valence-electron chi connectivity index (χ3n) is 1.71. The molecule has 0 aromatic heterocycles. The van der Waals surface area contributed by atoms with Crippen molar-refractivity contribution in [1.82, 2.24) is 0 Å². The Bertz CT molecular complexity index is 379. The number of benzene rings is 1. The normalized spacial score (nSPS) is 12.6. The van der Waals surface area contributed by atoms with Gasteiger partial charge >= 0.3 is 0 Å². The molecule has 1 aromatic rings. The van der Waals surface area contributed by atoms with Gasteiger partial charge in [-0.1, -0.05) is 11.6 Å². The van der Waals surface area contributed by atoms with Gasteiger partial charge in [0.1, 0.15) is 10.8 Å². The van der Waals surface area contributed by atoms with E-state index >= 15 is 0 Å². The van der Waals surface area contributed by atoms with E-state index in [0.717, 1.165) is 12.1 Å². The van der Waals surface area contributed by atoms with Crippen LogP contribution in [-0.2, 0) is 0 Å². The molecule has 0 bridgehead atoms. The Labute approximate surface area is 84.7 Å². The van der Waals surface area contributed by atoms with Crippen LogP contribution in [0.2, 0.25) is 5.02 Å². The van der Waals surface area contributed by atoms with E-state index in [1.54, 1.807) is 0 Å². The first-order valence-corrected chi connectivity index (χ1v) is 4.26. The van der Waals surface area contributed by atoms with Crippen molar-refractivity contribution in [3.05, 3.63) is 34.4 Å². The van der Waals surface area contributed by atoms with Crippen LogP contribution in [0.5, 0.6) is 0 Å². The van der Waals surface area contributed by atoms with Crippen molar-refractivity contribution in [1.29, 1.82) is 0 Å². The van der Waals surface area contributed by atoms with Crippen molar-refractivity contribution in [2.45, 2.75) is 13.0 Å². The summed E-state index contributed by atoms with van der Waals surface area (Å²) in [5.74, 6) is -2.57. The number of hydrogen-bond acceptors (Lipinski definition) is 2. The Morgan fingerprint density at radius 1 is 1.50 bits per heavy atom. The average molecular weight is 220 g/mol. The van der Waals surface area contributed by atoms with Crippen LogP contribution in [0.1, 0.15) is 17.3 Å². The lowest BCUT2D eigenvalue weighted by Crippen LogP contribution is -2.27. The zero-order valence-corrected chi connectivity index (χ0v) is 8.11. The third kappa shape index (κ3) is 1.91. The summed E-state index contributed by atoms with van der Waals surface area (Å²) in [5, 5.41) is -0.684. The molecule has 0 saturated carbocycles. The molecule has 0 amide bonds. The van der Waals surface area contributed by atoms with Crippen molar-refractivity contribution < 1.29 is 13.6 Å². The van der Waals surface area contributed by atoms with E-state index in [4.69, 9.17) is 17.3 Å². The fourth-order valence-electron chi connectivity index (χ4n) is 0.961. The molecule has 14 heavy (non-hydrogen) atoms. The molecule has 76 valence electrons. The van der Waals surface area contributed by atoms with Gasteiger partial charge in [-0.05, 0) is 19.1 Å². The molecule has 0 saturated heterocycles. The van der Waals surface area contributed by atoms with Gasteiger partial charge in [-0.3, -0.25) is 4.79 Å². The molecule has 0 aliphatic heterocycles. The van der Waals surface area contributed by atoms with Crippen molar-refractivity contribution >= 4 is 17.4 Å². The largest absolute Gasteiger partial charge is 0.321 e. The van der Waals surface area contributed by atoms with Gasteiger partial charge in [-0.25, -0.2) is 8.78 Å². The lowest BCUT2D eigenvalue weighted by atomic mass is 10.1. The van der Waals surface area contributed by atoms with E-state index in [2.05, 4.69) is 0 Å². The molecule has 0 aliphatic carbocycles. The number of carbonyl (C=O) groups excluding carboxylic acids is 1. The first-order chi connectivity index (χ1) is 6.45. The maximum absolute atomic E-state index is 13.2. The summed E-state index contributed by atoms with van der Waals surface area (Å²) in [7, 11) is 0. The average Bonchev–Trinajstić information content (AvgIpc) is 2.13. The summed E-state index contributed by atoms with van der Waals surface area (Å²) in [6.07, 6.45) is 0. The number of Topliss-reactive ketones (excluding diaryl/α,β-unsaturated/α-hetero) is 1. The van der Waals surface area contributed by atoms with Gasteiger partial charge in [0.15, 0.2) is 11.6 Å². The molecule has 0 radical (unpaired) electrons. The zero-order valence-electron chi connectivity index (χ0n) is 7.35. The van der Waals surface area contributed by atoms with Crippen LogP contribution in [0.25, 0.3) is 0 Å². The minimum Gasteiger partial charge on any atom is -0.321 e. The lowest BCUT2D eigenvalue weighted by Gasteiger charge is -2.06. The summed E-state index contributed by atoms with van der Waals surface area (Å²) >= 11 is 5.29. The third-order valence-corrected chi connectivity index (χ3v) is 2.06. The molecule has 1 rings (SSSR count). The second-order valence-electron chi connectivity index (χ2n) is 2.88. The maximum atomic E-state index is 13.2. The van der Waals surface area contributed by atoms with Crippen LogP contribution in [0.4, 0.5) is 8.78 Å². The number of hydrogen-bond donors (Lipinski definition) is 1. The Hall–Kier alpha value is -1.000. The van der Waals surface area contributed by atoms with Gasteiger partial charge in [0.25, 0.3) is 0 Å². The highest BCUT2D eigenvalue weighted by atomic mass is 35.5. The molecule has 1 aromatic carbocycles. The van der Waals surface area contributed by atoms with E-state index in [1.807, 2.05) is 0 Å². The molecular formula is C9H8ClF2NO. The van der Waals surface area contributed by atoms with Crippen LogP contribution in [0.15, 0.2) is 12.1 Å². The first-order valence-electron chi connectivity index (χ1n) is 3.88. The van der Waals surface area contributed by atoms with Crippen molar-refractivity contribution in [2.75, 3.05) is 0 Å². The highest BCUT2D eigenvalue weighted by Crippen LogP contribution is 2.22. The summed E-state index contributed by atoms with van der Waals surface area (Å²) in [5.41, 5.74) is 4.99. The molecule has 0 fully saturated rings. The van der Waals surface area contributed by atoms with Crippen molar-refractivity contribution in [3.8, 4) is 0 Å². The van der Waals surface area contributed by atoms with Gasteiger partial charge < -0.3 is 5.73 Å².